The molecule has 5 nitrogen and oxygen atoms in total. The van der Waals surface area contributed by atoms with E-state index in [0.717, 1.165) is 23.2 Å². The van der Waals surface area contributed by atoms with Crippen LogP contribution in [0.5, 0.6) is 0 Å². The van der Waals surface area contributed by atoms with Crippen LogP contribution < -0.4 is 10.6 Å². The Labute approximate surface area is 163 Å². The summed E-state index contributed by atoms with van der Waals surface area (Å²) in [5.74, 6) is -0.393. The summed E-state index contributed by atoms with van der Waals surface area (Å²) in [7, 11) is 0. The van der Waals surface area contributed by atoms with Gasteiger partial charge >= 0.3 is 0 Å². The quantitative estimate of drug-likeness (QED) is 0.850. The van der Waals surface area contributed by atoms with Crippen molar-refractivity contribution in [1.29, 1.82) is 0 Å². The SMILES string of the molecule is CC1(C)C(=O)Nc2ccc(C(=O)NC[C@@H]3CCO[C@H]3c3ccc(F)cc3)cc21. The molecule has 0 saturated carbocycles. The first-order valence-corrected chi connectivity index (χ1v) is 9.47. The number of carbonyl (C=O) groups is 2. The van der Waals surface area contributed by atoms with Crippen molar-refractivity contribution in [3.8, 4) is 0 Å². The Hall–Kier alpha value is -2.73. The van der Waals surface area contributed by atoms with Gasteiger partial charge in [-0.15, -0.1) is 0 Å². The molecule has 2 aromatic carbocycles. The third-order valence-corrected chi connectivity index (χ3v) is 5.71. The van der Waals surface area contributed by atoms with E-state index in [1.54, 1.807) is 30.3 Å². The van der Waals surface area contributed by atoms with E-state index in [1.807, 2.05) is 13.8 Å². The van der Waals surface area contributed by atoms with Crippen LogP contribution in [0.4, 0.5) is 10.1 Å². The van der Waals surface area contributed by atoms with E-state index in [1.165, 1.54) is 12.1 Å². The zero-order valence-corrected chi connectivity index (χ0v) is 15.9. The number of fused-ring (bicyclic) bond motifs is 1. The van der Waals surface area contributed by atoms with Gasteiger partial charge in [0.2, 0.25) is 5.91 Å². The lowest BCUT2D eigenvalue weighted by Crippen LogP contribution is -2.31. The average Bonchev–Trinajstić information content (AvgIpc) is 3.23. The molecule has 0 bridgehead atoms. The van der Waals surface area contributed by atoms with Gasteiger partial charge in [0.05, 0.1) is 11.5 Å². The van der Waals surface area contributed by atoms with Crippen molar-refractivity contribution >= 4 is 17.5 Å². The Morgan fingerprint density at radius 2 is 2.00 bits per heavy atom. The molecule has 0 aromatic heterocycles. The second kappa shape index (κ2) is 7.02. The van der Waals surface area contributed by atoms with Crippen LogP contribution in [0.2, 0.25) is 0 Å². The zero-order valence-electron chi connectivity index (χ0n) is 15.9. The third-order valence-electron chi connectivity index (χ3n) is 5.71. The van der Waals surface area contributed by atoms with Gasteiger partial charge in [-0.2, -0.15) is 0 Å². The molecular formula is C22H23FN2O3. The van der Waals surface area contributed by atoms with E-state index in [9.17, 15) is 14.0 Å². The number of hydrogen-bond acceptors (Lipinski definition) is 3. The summed E-state index contributed by atoms with van der Waals surface area (Å²) in [6.45, 7) is 4.78. The van der Waals surface area contributed by atoms with Crippen molar-refractivity contribution < 1.29 is 18.7 Å². The number of hydrogen-bond donors (Lipinski definition) is 2. The predicted molar refractivity (Wildman–Crippen MR) is 104 cm³/mol. The maximum atomic E-state index is 13.2. The number of amides is 2. The lowest BCUT2D eigenvalue weighted by Gasteiger charge is -2.20. The summed E-state index contributed by atoms with van der Waals surface area (Å²) in [6.07, 6.45) is 0.680. The van der Waals surface area contributed by atoms with Crippen molar-refractivity contribution in [2.45, 2.75) is 31.8 Å². The average molecular weight is 382 g/mol. The topological polar surface area (TPSA) is 67.4 Å². The van der Waals surface area contributed by atoms with Gasteiger partial charge < -0.3 is 15.4 Å². The van der Waals surface area contributed by atoms with Crippen LogP contribution in [0.25, 0.3) is 0 Å². The van der Waals surface area contributed by atoms with Crippen molar-refractivity contribution in [2.24, 2.45) is 5.92 Å². The van der Waals surface area contributed by atoms with Gasteiger partial charge in [-0.05, 0) is 61.7 Å². The van der Waals surface area contributed by atoms with Crippen LogP contribution in [0.3, 0.4) is 0 Å². The molecule has 4 rings (SSSR count). The molecule has 1 saturated heterocycles. The summed E-state index contributed by atoms with van der Waals surface area (Å²) in [6, 6.07) is 11.6. The van der Waals surface area contributed by atoms with Crippen LogP contribution in [-0.4, -0.2) is 25.0 Å². The molecule has 0 radical (unpaired) electrons. The Kier molecular flexibility index (Phi) is 4.67. The lowest BCUT2D eigenvalue weighted by molar-refractivity contribution is -0.119. The Balaban J connectivity index is 1.44. The molecular weight excluding hydrogens is 359 g/mol. The molecule has 28 heavy (non-hydrogen) atoms. The summed E-state index contributed by atoms with van der Waals surface area (Å²) in [5.41, 5.74) is 2.38. The highest BCUT2D eigenvalue weighted by Gasteiger charge is 2.38. The monoisotopic (exact) mass is 382 g/mol. The number of benzene rings is 2. The molecule has 146 valence electrons. The largest absolute Gasteiger partial charge is 0.373 e. The molecule has 0 unspecified atom stereocenters. The maximum Gasteiger partial charge on any atom is 0.251 e. The molecule has 1 fully saturated rings. The fourth-order valence-corrected chi connectivity index (χ4v) is 3.90. The summed E-state index contributed by atoms with van der Waals surface area (Å²) >= 11 is 0. The minimum atomic E-state index is -0.654. The van der Waals surface area contributed by atoms with Gasteiger partial charge in [0.25, 0.3) is 5.91 Å². The van der Waals surface area contributed by atoms with Crippen LogP contribution in [-0.2, 0) is 14.9 Å². The standard InChI is InChI=1S/C22H23FN2O3/c1-22(2)17-11-14(5-8-18(17)25-21(22)27)20(26)24-12-15-9-10-28-19(15)13-3-6-16(23)7-4-13/h3-8,11,15,19H,9-10,12H2,1-2H3,(H,24,26)(H,25,27)/t15-,19-/m0/s1. The molecule has 0 aliphatic carbocycles. The molecule has 2 N–H and O–H groups in total. The highest BCUT2D eigenvalue weighted by atomic mass is 19.1. The minimum absolute atomic E-state index is 0.0645. The molecule has 6 heteroatoms. The highest BCUT2D eigenvalue weighted by Crippen LogP contribution is 2.38. The third kappa shape index (κ3) is 3.29. The first-order chi connectivity index (χ1) is 13.4. The molecule has 2 heterocycles. The van der Waals surface area contributed by atoms with E-state index < -0.39 is 5.41 Å². The second-order valence-corrected chi connectivity index (χ2v) is 7.94. The molecule has 2 amide bonds. The first kappa shape index (κ1) is 18.6. The number of rotatable bonds is 4. The first-order valence-electron chi connectivity index (χ1n) is 9.47. The number of halogens is 1. The van der Waals surface area contributed by atoms with Crippen LogP contribution >= 0.6 is 0 Å². The van der Waals surface area contributed by atoms with Gasteiger partial charge in [0.1, 0.15) is 5.82 Å². The maximum absolute atomic E-state index is 13.2. The number of nitrogens with one attached hydrogen (secondary N) is 2. The van der Waals surface area contributed by atoms with Crippen molar-refractivity contribution in [2.75, 3.05) is 18.5 Å². The highest BCUT2D eigenvalue weighted by molar-refractivity contribution is 6.07. The lowest BCUT2D eigenvalue weighted by atomic mass is 9.85. The van der Waals surface area contributed by atoms with E-state index >= 15 is 0 Å². The minimum Gasteiger partial charge on any atom is -0.373 e. The van der Waals surface area contributed by atoms with Crippen LogP contribution in [0, 0.1) is 11.7 Å². The van der Waals surface area contributed by atoms with Crippen LogP contribution in [0.15, 0.2) is 42.5 Å². The number of anilines is 1. The van der Waals surface area contributed by atoms with Crippen LogP contribution in [0.1, 0.15) is 47.9 Å². The van der Waals surface area contributed by atoms with Crippen molar-refractivity contribution in [3.05, 3.63) is 65.0 Å². The summed E-state index contributed by atoms with van der Waals surface area (Å²) < 4.78 is 19.0. The predicted octanol–water partition coefficient (Wildman–Crippen LogP) is 3.56. The Morgan fingerprint density at radius 3 is 2.75 bits per heavy atom. The van der Waals surface area contributed by atoms with E-state index in [-0.39, 0.29) is 29.7 Å². The fourth-order valence-electron chi connectivity index (χ4n) is 3.90. The molecule has 2 atom stereocenters. The molecule has 2 aliphatic rings. The van der Waals surface area contributed by atoms with E-state index in [0.29, 0.717) is 18.7 Å². The summed E-state index contributed by atoms with van der Waals surface area (Å²) in [5, 5.41) is 5.83. The van der Waals surface area contributed by atoms with Gasteiger partial charge in [-0.25, -0.2) is 4.39 Å². The van der Waals surface area contributed by atoms with Crippen molar-refractivity contribution in [1.82, 2.24) is 5.32 Å². The second-order valence-electron chi connectivity index (χ2n) is 7.94. The number of ether oxygens (including phenoxy) is 1. The van der Waals surface area contributed by atoms with Crippen molar-refractivity contribution in [3.63, 3.8) is 0 Å². The Bertz CT molecular complexity index is 924. The normalized spacial score (nSPS) is 22.6. The summed E-state index contributed by atoms with van der Waals surface area (Å²) in [4.78, 5) is 24.8. The van der Waals surface area contributed by atoms with Gasteiger partial charge in [0.15, 0.2) is 0 Å². The molecule has 0 spiro atoms. The smallest absolute Gasteiger partial charge is 0.251 e. The molecule has 2 aliphatic heterocycles. The Morgan fingerprint density at radius 1 is 1.25 bits per heavy atom. The van der Waals surface area contributed by atoms with Gasteiger partial charge in [-0.3, -0.25) is 9.59 Å². The van der Waals surface area contributed by atoms with E-state index in [2.05, 4.69) is 10.6 Å². The number of carbonyl (C=O) groups excluding carboxylic acids is 2. The molecule has 2 aromatic rings. The fraction of sp³-hybridized carbons (Fsp3) is 0.364. The van der Waals surface area contributed by atoms with Gasteiger partial charge in [-0.1, -0.05) is 12.1 Å². The van der Waals surface area contributed by atoms with E-state index in [4.69, 9.17) is 4.74 Å². The van der Waals surface area contributed by atoms with Gasteiger partial charge in [0, 0.05) is 30.3 Å². The zero-order chi connectivity index (χ0) is 19.9.